The smallest absolute Gasteiger partial charge is 0.307 e. The molecule has 2 rings (SSSR count). The minimum atomic E-state index is -0.820. The van der Waals surface area contributed by atoms with Crippen LogP contribution in [0.1, 0.15) is 17.0 Å². The molecule has 0 aliphatic carbocycles. The van der Waals surface area contributed by atoms with Crippen LogP contribution in [0.5, 0.6) is 0 Å². The van der Waals surface area contributed by atoms with E-state index in [-0.39, 0.29) is 6.42 Å². The van der Waals surface area contributed by atoms with Crippen molar-refractivity contribution in [2.45, 2.75) is 19.4 Å². The van der Waals surface area contributed by atoms with E-state index in [0.717, 1.165) is 11.1 Å². The number of nitrogens with one attached hydrogen (secondary N) is 1. The lowest BCUT2D eigenvalue weighted by atomic mass is 10.0. The van der Waals surface area contributed by atoms with Crippen molar-refractivity contribution in [3.05, 3.63) is 47.6 Å². The van der Waals surface area contributed by atoms with Crippen LogP contribution < -0.4 is 5.32 Å². The van der Waals surface area contributed by atoms with Gasteiger partial charge < -0.3 is 14.9 Å². The first-order chi connectivity index (χ1) is 9.25. The number of hydrogen-bond donors (Lipinski definition) is 2. The van der Waals surface area contributed by atoms with Gasteiger partial charge in [-0.1, -0.05) is 29.4 Å². The fourth-order valence-corrected chi connectivity index (χ4v) is 1.79. The largest absolute Gasteiger partial charge is 0.481 e. The predicted molar refractivity (Wildman–Crippen MR) is 67.5 cm³/mol. The number of carboxylic acid groups (broad SMARTS) is 1. The third-order valence-electron chi connectivity index (χ3n) is 2.71. The molecule has 0 amide bonds. The molecule has 0 atom stereocenters. The van der Waals surface area contributed by atoms with Crippen LogP contribution in [-0.2, 0) is 24.2 Å². The van der Waals surface area contributed by atoms with Crippen LogP contribution in [0.4, 0.5) is 0 Å². The van der Waals surface area contributed by atoms with Crippen molar-refractivity contribution in [1.29, 1.82) is 0 Å². The number of carbonyl (C=O) groups is 1. The first-order valence-electron chi connectivity index (χ1n) is 6.00. The molecule has 1 heterocycles. The molecule has 0 bridgehead atoms. The van der Waals surface area contributed by atoms with E-state index in [1.807, 2.05) is 24.3 Å². The van der Waals surface area contributed by atoms with Gasteiger partial charge in [-0.15, -0.1) is 0 Å². The molecule has 0 radical (unpaired) electrons. The van der Waals surface area contributed by atoms with Crippen molar-refractivity contribution < 1.29 is 14.4 Å². The summed E-state index contributed by atoms with van der Waals surface area (Å²) in [6.45, 7) is 1.34. The maximum absolute atomic E-state index is 10.8. The normalized spacial score (nSPS) is 10.5. The van der Waals surface area contributed by atoms with Gasteiger partial charge in [-0.3, -0.25) is 4.79 Å². The van der Waals surface area contributed by atoms with Crippen LogP contribution in [0, 0.1) is 0 Å². The number of aromatic nitrogens is 2. The van der Waals surface area contributed by atoms with E-state index in [4.69, 9.17) is 5.11 Å². The molecule has 0 spiro atoms. The van der Waals surface area contributed by atoms with E-state index < -0.39 is 5.97 Å². The van der Waals surface area contributed by atoms with Crippen molar-refractivity contribution in [2.75, 3.05) is 6.54 Å². The molecule has 0 unspecified atom stereocenters. The Hall–Kier alpha value is -2.21. The molecule has 0 aliphatic heterocycles. The van der Waals surface area contributed by atoms with Gasteiger partial charge in [-0.05, 0) is 11.1 Å². The number of carboxylic acids is 1. The zero-order valence-electron chi connectivity index (χ0n) is 10.4. The van der Waals surface area contributed by atoms with Crippen LogP contribution in [0.15, 0.2) is 35.2 Å². The minimum absolute atomic E-state index is 0.0443. The Kier molecular flexibility index (Phi) is 4.63. The van der Waals surface area contributed by atoms with Crippen molar-refractivity contribution in [1.82, 2.24) is 15.5 Å². The van der Waals surface area contributed by atoms with Crippen LogP contribution in [0.25, 0.3) is 0 Å². The van der Waals surface area contributed by atoms with Crippen molar-refractivity contribution in [2.24, 2.45) is 0 Å². The highest BCUT2D eigenvalue weighted by Crippen LogP contribution is 2.09. The summed E-state index contributed by atoms with van der Waals surface area (Å²) in [6, 6.07) is 7.52. The van der Waals surface area contributed by atoms with Gasteiger partial charge in [0.1, 0.15) is 0 Å². The highest BCUT2D eigenvalue weighted by molar-refractivity contribution is 5.70. The Morgan fingerprint density at radius 2 is 2.11 bits per heavy atom. The summed E-state index contributed by atoms with van der Waals surface area (Å²) in [7, 11) is 0. The molecule has 0 saturated carbocycles. The Labute approximate surface area is 110 Å². The van der Waals surface area contributed by atoms with Crippen molar-refractivity contribution >= 4 is 5.97 Å². The van der Waals surface area contributed by atoms with E-state index in [9.17, 15) is 4.79 Å². The Balaban J connectivity index is 1.83. The minimum Gasteiger partial charge on any atom is -0.481 e. The molecule has 1 aromatic carbocycles. The van der Waals surface area contributed by atoms with E-state index in [1.165, 1.54) is 6.39 Å². The standard InChI is InChI=1S/C13H15N3O3/c17-13(18)7-10-3-1-2-4-11(10)8-14-6-5-12-15-9-19-16-12/h1-4,9,14H,5-8H2,(H,17,18). The Bertz CT molecular complexity index is 526. The number of aliphatic carboxylic acids is 1. The molecule has 2 aromatic rings. The molecule has 6 nitrogen and oxygen atoms in total. The molecular weight excluding hydrogens is 246 g/mol. The summed E-state index contributed by atoms with van der Waals surface area (Å²) in [5.74, 6) is -0.162. The average molecular weight is 261 g/mol. The summed E-state index contributed by atoms with van der Waals surface area (Å²) in [4.78, 5) is 14.7. The van der Waals surface area contributed by atoms with Gasteiger partial charge in [0.15, 0.2) is 5.82 Å². The molecule has 2 N–H and O–H groups in total. The first-order valence-corrected chi connectivity index (χ1v) is 6.00. The van der Waals surface area contributed by atoms with Gasteiger partial charge in [0.05, 0.1) is 6.42 Å². The van der Waals surface area contributed by atoms with Gasteiger partial charge in [0.25, 0.3) is 0 Å². The number of rotatable bonds is 7. The lowest BCUT2D eigenvalue weighted by Crippen LogP contribution is -2.18. The molecule has 0 aliphatic rings. The van der Waals surface area contributed by atoms with Gasteiger partial charge in [-0.2, -0.15) is 4.98 Å². The summed E-state index contributed by atoms with van der Waals surface area (Å²) >= 11 is 0. The zero-order chi connectivity index (χ0) is 13.5. The summed E-state index contributed by atoms with van der Waals surface area (Å²) in [5.41, 5.74) is 1.83. The molecule has 100 valence electrons. The molecule has 1 aromatic heterocycles. The second-order valence-corrected chi connectivity index (χ2v) is 4.11. The molecular formula is C13H15N3O3. The fourth-order valence-electron chi connectivity index (χ4n) is 1.79. The fraction of sp³-hybridized carbons (Fsp3) is 0.308. The Morgan fingerprint density at radius 1 is 1.32 bits per heavy atom. The lowest BCUT2D eigenvalue weighted by Gasteiger charge is -2.08. The van der Waals surface area contributed by atoms with Crippen molar-refractivity contribution in [3.8, 4) is 0 Å². The predicted octanol–water partition coefficient (Wildman–Crippen LogP) is 1.03. The number of nitrogens with zero attached hydrogens (tertiary/aromatic N) is 2. The summed E-state index contributed by atoms with van der Waals surface area (Å²) < 4.78 is 4.64. The third kappa shape index (κ3) is 4.18. The lowest BCUT2D eigenvalue weighted by molar-refractivity contribution is -0.136. The highest BCUT2D eigenvalue weighted by atomic mass is 16.5. The second kappa shape index (κ2) is 6.65. The SMILES string of the molecule is O=C(O)Cc1ccccc1CNCCc1ncon1. The van der Waals surface area contributed by atoms with E-state index in [0.29, 0.717) is 25.3 Å². The topological polar surface area (TPSA) is 88.2 Å². The molecule has 6 heteroatoms. The van der Waals surface area contributed by atoms with Crippen molar-refractivity contribution in [3.63, 3.8) is 0 Å². The van der Waals surface area contributed by atoms with Gasteiger partial charge in [-0.25, -0.2) is 0 Å². The molecule has 0 fully saturated rings. The molecule has 19 heavy (non-hydrogen) atoms. The third-order valence-corrected chi connectivity index (χ3v) is 2.71. The number of hydrogen-bond acceptors (Lipinski definition) is 5. The maximum atomic E-state index is 10.8. The van der Waals surface area contributed by atoms with Crippen LogP contribution in [0.2, 0.25) is 0 Å². The quantitative estimate of drug-likeness (QED) is 0.724. The average Bonchev–Trinajstić information content (AvgIpc) is 2.89. The monoisotopic (exact) mass is 261 g/mol. The first kappa shape index (κ1) is 13.2. The van der Waals surface area contributed by atoms with Crippen LogP contribution >= 0.6 is 0 Å². The van der Waals surface area contributed by atoms with E-state index in [2.05, 4.69) is 20.0 Å². The van der Waals surface area contributed by atoms with E-state index in [1.54, 1.807) is 0 Å². The second-order valence-electron chi connectivity index (χ2n) is 4.11. The molecule has 0 saturated heterocycles. The van der Waals surface area contributed by atoms with E-state index >= 15 is 0 Å². The maximum Gasteiger partial charge on any atom is 0.307 e. The van der Waals surface area contributed by atoms with Gasteiger partial charge in [0.2, 0.25) is 6.39 Å². The van der Waals surface area contributed by atoms with Gasteiger partial charge >= 0.3 is 5.97 Å². The summed E-state index contributed by atoms with van der Waals surface area (Å²) in [6.07, 6.45) is 2.03. The summed E-state index contributed by atoms with van der Waals surface area (Å²) in [5, 5.41) is 15.8. The van der Waals surface area contributed by atoms with Gasteiger partial charge in [0, 0.05) is 19.5 Å². The number of benzene rings is 1. The highest BCUT2D eigenvalue weighted by Gasteiger charge is 2.06. The Morgan fingerprint density at radius 3 is 2.79 bits per heavy atom. The zero-order valence-corrected chi connectivity index (χ0v) is 10.4. The van der Waals surface area contributed by atoms with Crippen LogP contribution in [-0.4, -0.2) is 27.8 Å². The van der Waals surface area contributed by atoms with Crippen LogP contribution in [0.3, 0.4) is 0 Å².